The first kappa shape index (κ1) is 27.7. The molecule has 0 spiro atoms. The van der Waals surface area contributed by atoms with Crippen LogP contribution in [0.1, 0.15) is 42.3 Å². The minimum Gasteiger partial charge on any atom is -0.473 e. The van der Waals surface area contributed by atoms with E-state index in [9.17, 15) is 9.18 Å². The molecule has 0 saturated carbocycles. The molecule has 6 heterocycles. The van der Waals surface area contributed by atoms with Crippen LogP contribution in [-0.4, -0.2) is 60.4 Å². The standard InChI is InChI=1S/C30H29ClFN7O4/c31-21-5-4-19(23(32)13-21)17-42-27-3-1-2-24(35-27)18-6-9-38(10-7-18)16-26-34-25-12-20(28-36-30(40)43-37-28)14-33-29(25)39(26)15-22-8-11-41-22/h1-5,12-14,18,22H,6-11,15-17H2,(H,36,37,40). The summed E-state index contributed by atoms with van der Waals surface area (Å²) >= 11 is 5.85. The zero-order chi connectivity index (χ0) is 29.3. The number of rotatable bonds is 9. The highest BCUT2D eigenvalue weighted by Gasteiger charge is 2.26. The van der Waals surface area contributed by atoms with Gasteiger partial charge >= 0.3 is 5.76 Å². The third-order valence-corrected chi connectivity index (χ3v) is 8.30. The van der Waals surface area contributed by atoms with E-state index in [1.165, 1.54) is 6.07 Å². The van der Waals surface area contributed by atoms with Gasteiger partial charge in [0.15, 0.2) is 11.5 Å². The van der Waals surface area contributed by atoms with Gasteiger partial charge < -0.3 is 14.0 Å². The average molecular weight is 606 g/mol. The molecule has 1 N–H and O–H groups in total. The quantitative estimate of drug-likeness (QED) is 0.254. The normalized spacial score (nSPS) is 17.8. The number of piperidine rings is 1. The lowest BCUT2D eigenvalue weighted by molar-refractivity contribution is -0.0593. The fraction of sp³-hybridized carbons (Fsp3) is 0.367. The molecule has 2 fully saturated rings. The van der Waals surface area contributed by atoms with E-state index >= 15 is 0 Å². The van der Waals surface area contributed by atoms with Crippen molar-refractivity contribution in [3.63, 3.8) is 0 Å². The molecule has 0 radical (unpaired) electrons. The number of pyridine rings is 2. The van der Waals surface area contributed by atoms with Gasteiger partial charge in [0, 0.05) is 46.6 Å². The third kappa shape index (κ3) is 6.03. The van der Waals surface area contributed by atoms with Crippen LogP contribution >= 0.6 is 11.6 Å². The first-order chi connectivity index (χ1) is 21.0. The minimum absolute atomic E-state index is 0.0810. The number of nitrogens with one attached hydrogen (secondary N) is 1. The summed E-state index contributed by atoms with van der Waals surface area (Å²) in [5.41, 5.74) is 3.54. The Morgan fingerprint density at radius 2 is 1.98 bits per heavy atom. The lowest BCUT2D eigenvalue weighted by Crippen LogP contribution is -2.35. The molecule has 13 heteroatoms. The second-order valence-electron chi connectivity index (χ2n) is 10.9. The van der Waals surface area contributed by atoms with E-state index in [2.05, 4.69) is 29.1 Å². The summed E-state index contributed by atoms with van der Waals surface area (Å²) in [6.07, 6.45) is 4.70. The van der Waals surface area contributed by atoms with Crippen molar-refractivity contribution in [3.05, 3.63) is 87.1 Å². The number of imidazole rings is 1. The van der Waals surface area contributed by atoms with Crippen molar-refractivity contribution in [2.75, 3.05) is 19.7 Å². The maximum atomic E-state index is 14.2. The highest BCUT2D eigenvalue weighted by atomic mass is 35.5. The van der Waals surface area contributed by atoms with Crippen LogP contribution in [0.25, 0.3) is 22.6 Å². The van der Waals surface area contributed by atoms with Crippen molar-refractivity contribution in [1.29, 1.82) is 0 Å². The Hall–Kier alpha value is -4.13. The smallest absolute Gasteiger partial charge is 0.439 e. The van der Waals surface area contributed by atoms with E-state index in [0.717, 1.165) is 61.6 Å². The molecule has 2 saturated heterocycles. The van der Waals surface area contributed by atoms with Gasteiger partial charge in [0.05, 0.1) is 19.2 Å². The lowest BCUT2D eigenvalue weighted by Gasteiger charge is -2.32. The average Bonchev–Trinajstić information content (AvgIpc) is 3.57. The first-order valence-electron chi connectivity index (χ1n) is 14.3. The molecular formula is C30H29ClFN7O4. The Morgan fingerprint density at radius 3 is 2.72 bits per heavy atom. The van der Waals surface area contributed by atoms with Gasteiger partial charge in [-0.3, -0.25) is 14.4 Å². The van der Waals surface area contributed by atoms with Gasteiger partial charge in [0.1, 0.15) is 23.8 Å². The maximum absolute atomic E-state index is 14.2. The van der Waals surface area contributed by atoms with E-state index < -0.39 is 11.6 Å². The summed E-state index contributed by atoms with van der Waals surface area (Å²) in [6, 6.07) is 12.2. The van der Waals surface area contributed by atoms with E-state index in [1.807, 2.05) is 18.2 Å². The largest absolute Gasteiger partial charge is 0.473 e. The molecule has 1 unspecified atom stereocenters. The molecule has 4 aromatic heterocycles. The summed E-state index contributed by atoms with van der Waals surface area (Å²) in [5, 5.41) is 4.13. The van der Waals surface area contributed by atoms with Crippen molar-refractivity contribution < 1.29 is 18.4 Å². The summed E-state index contributed by atoms with van der Waals surface area (Å²) in [5.74, 6) is 0.998. The number of hydrogen-bond donors (Lipinski definition) is 1. The van der Waals surface area contributed by atoms with Crippen LogP contribution in [0.5, 0.6) is 5.88 Å². The zero-order valence-corrected chi connectivity index (χ0v) is 24.0. The predicted molar refractivity (Wildman–Crippen MR) is 155 cm³/mol. The zero-order valence-electron chi connectivity index (χ0n) is 23.2. The molecule has 1 aromatic carbocycles. The fourth-order valence-electron chi connectivity index (χ4n) is 5.60. The van der Waals surface area contributed by atoms with Gasteiger partial charge in [0.25, 0.3) is 0 Å². The van der Waals surface area contributed by atoms with E-state index in [0.29, 0.717) is 46.9 Å². The number of aromatic nitrogens is 6. The number of likely N-dealkylation sites (tertiary alicyclic amines) is 1. The molecule has 0 aliphatic carbocycles. The number of halogens is 2. The molecule has 43 heavy (non-hydrogen) atoms. The molecular weight excluding hydrogens is 577 g/mol. The Labute approximate surface area is 250 Å². The molecule has 11 nitrogen and oxygen atoms in total. The molecule has 0 amide bonds. The number of aromatic amines is 1. The SMILES string of the molecule is O=c1[nH]c(-c2cnc3c(c2)nc(CN2CCC(c4cccc(OCc5ccc(Cl)cc5F)n4)CC2)n3CC2CCO2)no1. The number of benzene rings is 1. The van der Waals surface area contributed by atoms with Crippen molar-refractivity contribution in [1.82, 2.24) is 34.6 Å². The van der Waals surface area contributed by atoms with Gasteiger partial charge in [0.2, 0.25) is 5.88 Å². The Morgan fingerprint density at radius 1 is 1.12 bits per heavy atom. The van der Waals surface area contributed by atoms with Gasteiger partial charge in [-0.25, -0.2) is 24.1 Å². The van der Waals surface area contributed by atoms with Crippen LogP contribution in [0.2, 0.25) is 5.02 Å². The summed E-state index contributed by atoms with van der Waals surface area (Å²) in [6.45, 7) is 3.99. The molecule has 2 aliphatic heterocycles. The lowest BCUT2D eigenvalue weighted by atomic mass is 9.93. The summed E-state index contributed by atoms with van der Waals surface area (Å²) < 4.78 is 32.5. The first-order valence-corrected chi connectivity index (χ1v) is 14.7. The molecule has 7 rings (SSSR count). The highest BCUT2D eigenvalue weighted by molar-refractivity contribution is 6.30. The number of H-pyrrole nitrogens is 1. The Balaban J connectivity index is 1.03. The van der Waals surface area contributed by atoms with E-state index in [-0.39, 0.29) is 12.7 Å². The van der Waals surface area contributed by atoms with Crippen LogP contribution in [-0.2, 0) is 24.4 Å². The van der Waals surface area contributed by atoms with Gasteiger partial charge in [-0.15, -0.1) is 0 Å². The Kier molecular flexibility index (Phi) is 7.64. The fourth-order valence-corrected chi connectivity index (χ4v) is 5.76. The van der Waals surface area contributed by atoms with Crippen LogP contribution in [0.15, 0.2) is 58.0 Å². The van der Waals surface area contributed by atoms with Gasteiger partial charge in [-0.2, -0.15) is 0 Å². The van der Waals surface area contributed by atoms with Crippen LogP contribution < -0.4 is 10.5 Å². The second-order valence-corrected chi connectivity index (χ2v) is 11.3. The number of fused-ring (bicyclic) bond motifs is 1. The van der Waals surface area contributed by atoms with Gasteiger partial charge in [-0.05, 0) is 56.6 Å². The van der Waals surface area contributed by atoms with Crippen LogP contribution in [0, 0.1) is 5.82 Å². The van der Waals surface area contributed by atoms with Crippen molar-refractivity contribution in [2.45, 2.75) is 51.0 Å². The van der Waals surface area contributed by atoms with Crippen molar-refractivity contribution >= 4 is 22.8 Å². The molecule has 1 atom stereocenters. The van der Waals surface area contributed by atoms with E-state index in [4.69, 9.17) is 31.0 Å². The van der Waals surface area contributed by atoms with Crippen LogP contribution in [0.3, 0.4) is 0 Å². The second kappa shape index (κ2) is 11.9. The molecule has 2 aliphatic rings. The highest BCUT2D eigenvalue weighted by Crippen LogP contribution is 2.30. The summed E-state index contributed by atoms with van der Waals surface area (Å²) in [4.78, 5) is 30.7. The van der Waals surface area contributed by atoms with Crippen LogP contribution in [0.4, 0.5) is 4.39 Å². The third-order valence-electron chi connectivity index (χ3n) is 8.06. The molecule has 222 valence electrons. The number of ether oxygens (including phenoxy) is 2. The number of nitrogens with zero attached hydrogens (tertiary/aromatic N) is 6. The predicted octanol–water partition coefficient (Wildman–Crippen LogP) is 4.71. The van der Waals surface area contributed by atoms with Crippen molar-refractivity contribution in [2.24, 2.45) is 0 Å². The van der Waals surface area contributed by atoms with E-state index in [1.54, 1.807) is 24.4 Å². The maximum Gasteiger partial charge on any atom is 0.439 e. The minimum atomic E-state index is -0.616. The summed E-state index contributed by atoms with van der Waals surface area (Å²) in [7, 11) is 0. The topological polar surface area (TPSA) is 124 Å². The number of hydrogen-bond acceptors (Lipinski definition) is 9. The molecule has 0 bridgehead atoms. The van der Waals surface area contributed by atoms with Crippen molar-refractivity contribution in [3.8, 4) is 17.3 Å². The van der Waals surface area contributed by atoms with Gasteiger partial charge in [-0.1, -0.05) is 28.9 Å². The monoisotopic (exact) mass is 605 g/mol. The Bertz CT molecular complexity index is 1810. The molecule has 5 aromatic rings.